The fourth-order valence-electron chi connectivity index (χ4n) is 0.848. The van der Waals surface area contributed by atoms with Crippen molar-refractivity contribution in [2.75, 3.05) is 5.73 Å². The van der Waals surface area contributed by atoms with Crippen molar-refractivity contribution in [3.05, 3.63) is 23.3 Å². The zero-order chi connectivity index (χ0) is 9.30. The Hall–Kier alpha value is -1.26. The van der Waals surface area contributed by atoms with Crippen LogP contribution in [-0.2, 0) is 0 Å². The highest BCUT2D eigenvalue weighted by Crippen LogP contribution is 2.26. The summed E-state index contributed by atoms with van der Waals surface area (Å²) in [4.78, 5) is 3.29. The van der Waals surface area contributed by atoms with Crippen LogP contribution in [0.3, 0.4) is 0 Å². The molecule has 0 radical (unpaired) electrons. The number of aryl methyl sites for hydroxylation is 1. The van der Waals surface area contributed by atoms with Gasteiger partial charge < -0.3 is 5.73 Å². The third-order valence-corrected chi connectivity index (χ3v) is 1.49. The first kappa shape index (κ1) is 8.83. The molecule has 66 valence electrons. The summed E-state index contributed by atoms with van der Waals surface area (Å²) in [6, 6.07) is 0.646. The molecule has 1 rings (SSSR count). The lowest BCUT2D eigenvalue weighted by Crippen LogP contribution is -2.01. The molecule has 1 heterocycles. The van der Waals surface area contributed by atoms with Crippen molar-refractivity contribution in [2.45, 2.75) is 13.3 Å². The smallest absolute Gasteiger partial charge is 0.266 e. The lowest BCUT2D eigenvalue weighted by molar-refractivity contribution is 0.151. The number of alkyl halides is 2. The number of nitrogen functional groups attached to an aromatic ring is 1. The normalized spacial score (nSPS) is 10.8. The number of hydrogen-bond acceptors (Lipinski definition) is 2. The lowest BCUT2D eigenvalue weighted by atomic mass is 10.2. The van der Waals surface area contributed by atoms with E-state index in [2.05, 4.69) is 4.98 Å². The van der Waals surface area contributed by atoms with Crippen LogP contribution in [0.15, 0.2) is 6.07 Å². The molecule has 12 heavy (non-hydrogen) atoms. The average Bonchev–Trinajstić information content (AvgIpc) is 1.96. The first-order chi connectivity index (χ1) is 5.52. The molecule has 0 saturated carbocycles. The molecule has 0 aliphatic carbocycles. The third kappa shape index (κ3) is 1.49. The van der Waals surface area contributed by atoms with Crippen molar-refractivity contribution in [3.63, 3.8) is 0 Å². The predicted molar refractivity (Wildman–Crippen MR) is 38.3 cm³/mol. The molecule has 2 N–H and O–H groups in total. The minimum absolute atomic E-state index is 0.0882. The van der Waals surface area contributed by atoms with Crippen LogP contribution in [0.2, 0.25) is 0 Å². The van der Waals surface area contributed by atoms with Gasteiger partial charge in [-0.25, -0.2) is 13.8 Å². The third-order valence-electron chi connectivity index (χ3n) is 1.49. The molecule has 0 aliphatic rings. The maximum Gasteiger partial charge on any atom is 0.266 e. The van der Waals surface area contributed by atoms with Crippen molar-refractivity contribution in [2.24, 2.45) is 0 Å². The molecule has 0 spiro atoms. The van der Waals surface area contributed by atoms with Crippen molar-refractivity contribution in [3.8, 4) is 0 Å². The first-order valence-corrected chi connectivity index (χ1v) is 3.23. The monoisotopic (exact) mass is 176 g/mol. The van der Waals surface area contributed by atoms with Gasteiger partial charge >= 0.3 is 0 Å². The maximum atomic E-state index is 12.5. The summed E-state index contributed by atoms with van der Waals surface area (Å²) in [6.45, 7) is 1.38. The molecule has 2 nitrogen and oxygen atoms in total. The minimum atomic E-state index is -2.76. The number of hydrogen-bond donors (Lipinski definition) is 1. The Morgan fingerprint density at radius 1 is 1.50 bits per heavy atom. The standard InChI is InChI=1S/C7H7F3N2/c1-3-6(11)4(7(9)10)2-5(8)12-3/h2,7H,11H2,1H3. The van der Waals surface area contributed by atoms with Crippen molar-refractivity contribution >= 4 is 5.69 Å². The van der Waals surface area contributed by atoms with E-state index >= 15 is 0 Å². The van der Waals surface area contributed by atoms with E-state index in [1.165, 1.54) is 6.92 Å². The van der Waals surface area contributed by atoms with Gasteiger partial charge in [-0.1, -0.05) is 0 Å². The Labute approximate surface area is 67.2 Å². The lowest BCUT2D eigenvalue weighted by Gasteiger charge is -2.06. The summed E-state index contributed by atoms with van der Waals surface area (Å²) >= 11 is 0. The van der Waals surface area contributed by atoms with Gasteiger partial charge in [0.05, 0.1) is 11.4 Å². The Kier molecular flexibility index (Phi) is 2.21. The number of anilines is 1. The largest absolute Gasteiger partial charge is 0.397 e. The summed E-state index contributed by atoms with van der Waals surface area (Å²) in [5.41, 5.74) is 4.68. The number of nitrogens with zero attached hydrogens (tertiary/aromatic N) is 1. The van der Waals surface area contributed by atoms with E-state index in [0.717, 1.165) is 0 Å². The summed E-state index contributed by atoms with van der Waals surface area (Å²) in [7, 11) is 0. The van der Waals surface area contributed by atoms with E-state index in [9.17, 15) is 13.2 Å². The molecule has 5 heteroatoms. The number of pyridine rings is 1. The molecular formula is C7H7F3N2. The van der Waals surface area contributed by atoms with Gasteiger partial charge in [-0.15, -0.1) is 0 Å². The van der Waals surface area contributed by atoms with E-state index in [4.69, 9.17) is 5.73 Å². The highest BCUT2D eigenvalue weighted by atomic mass is 19.3. The Balaban J connectivity index is 3.28. The molecule has 1 aromatic heterocycles. The number of halogens is 3. The Morgan fingerprint density at radius 2 is 2.08 bits per heavy atom. The summed E-state index contributed by atoms with van der Waals surface area (Å²) < 4.78 is 36.7. The average molecular weight is 176 g/mol. The number of rotatable bonds is 1. The molecule has 1 aromatic rings. The zero-order valence-electron chi connectivity index (χ0n) is 6.31. The van der Waals surface area contributed by atoms with E-state index in [0.29, 0.717) is 6.07 Å². The fraction of sp³-hybridized carbons (Fsp3) is 0.286. The molecular weight excluding hydrogens is 169 g/mol. The first-order valence-electron chi connectivity index (χ1n) is 3.23. The van der Waals surface area contributed by atoms with Crippen LogP contribution in [-0.4, -0.2) is 4.98 Å². The van der Waals surface area contributed by atoms with Crippen LogP contribution in [0.4, 0.5) is 18.9 Å². The van der Waals surface area contributed by atoms with Crippen LogP contribution >= 0.6 is 0 Å². The minimum Gasteiger partial charge on any atom is -0.397 e. The number of nitrogens with two attached hydrogens (primary N) is 1. The number of aromatic nitrogens is 1. The molecule has 0 aliphatic heterocycles. The van der Waals surface area contributed by atoms with Crippen molar-refractivity contribution in [1.82, 2.24) is 4.98 Å². The highest BCUT2D eigenvalue weighted by molar-refractivity contribution is 5.50. The van der Waals surface area contributed by atoms with Gasteiger partial charge in [0.2, 0.25) is 5.95 Å². The van der Waals surface area contributed by atoms with Gasteiger partial charge in [0.25, 0.3) is 6.43 Å². The fourth-order valence-corrected chi connectivity index (χ4v) is 0.848. The van der Waals surface area contributed by atoms with Gasteiger partial charge in [0, 0.05) is 11.6 Å². The van der Waals surface area contributed by atoms with Crippen LogP contribution in [0.1, 0.15) is 17.7 Å². The van der Waals surface area contributed by atoms with Crippen LogP contribution < -0.4 is 5.73 Å². The van der Waals surface area contributed by atoms with E-state index < -0.39 is 17.9 Å². The van der Waals surface area contributed by atoms with Gasteiger partial charge in [-0.3, -0.25) is 0 Å². The van der Waals surface area contributed by atoms with Crippen molar-refractivity contribution in [1.29, 1.82) is 0 Å². The topological polar surface area (TPSA) is 38.9 Å². The van der Waals surface area contributed by atoms with Gasteiger partial charge in [0.15, 0.2) is 0 Å². The maximum absolute atomic E-state index is 12.5. The Bertz CT molecular complexity index is 299. The molecule has 0 unspecified atom stereocenters. The molecule has 0 saturated heterocycles. The second-order valence-corrected chi connectivity index (χ2v) is 2.33. The van der Waals surface area contributed by atoms with E-state index in [1.807, 2.05) is 0 Å². The molecule has 0 bridgehead atoms. The zero-order valence-corrected chi connectivity index (χ0v) is 6.31. The van der Waals surface area contributed by atoms with Gasteiger partial charge in [-0.2, -0.15) is 4.39 Å². The second-order valence-electron chi connectivity index (χ2n) is 2.33. The summed E-state index contributed by atoms with van der Waals surface area (Å²) in [5.74, 6) is -0.933. The molecule has 0 atom stereocenters. The van der Waals surface area contributed by atoms with E-state index in [1.54, 1.807) is 0 Å². The second kappa shape index (κ2) is 3.00. The van der Waals surface area contributed by atoms with Gasteiger partial charge in [0.1, 0.15) is 0 Å². The Morgan fingerprint density at radius 3 is 2.58 bits per heavy atom. The SMILES string of the molecule is Cc1nc(F)cc(C(F)F)c1N. The summed E-state index contributed by atoms with van der Waals surface area (Å²) in [5, 5.41) is 0. The van der Waals surface area contributed by atoms with Gasteiger partial charge in [-0.05, 0) is 6.92 Å². The quantitative estimate of drug-likeness (QED) is 0.665. The van der Waals surface area contributed by atoms with E-state index in [-0.39, 0.29) is 11.4 Å². The summed E-state index contributed by atoms with van der Waals surface area (Å²) in [6.07, 6.45) is -2.76. The predicted octanol–water partition coefficient (Wildman–Crippen LogP) is 2.05. The van der Waals surface area contributed by atoms with Crippen LogP contribution in [0.25, 0.3) is 0 Å². The molecule has 0 amide bonds. The molecule has 0 fully saturated rings. The van der Waals surface area contributed by atoms with Crippen LogP contribution in [0.5, 0.6) is 0 Å². The van der Waals surface area contributed by atoms with Crippen molar-refractivity contribution < 1.29 is 13.2 Å². The molecule has 0 aromatic carbocycles. The van der Waals surface area contributed by atoms with Crippen LogP contribution in [0, 0.1) is 12.9 Å². The highest BCUT2D eigenvalue weighted by Gasteiger charge is 2.14.